The van der Waals surface area contributed by atoms with Gasteiger partial charge in [-0.05, 0) is 247 Å². The quantitative estimate of drug-likeness (QED) is 0.0112. The van der Waals surface area contributed by atoms with E-state index in [1.807, 2.05) is 62.4 Å². The molecule has 4 aliphatic carbocycles. The Kier molecular flexibility index (Phi) is 33.5. The van der Waals surface area contributed by atoms with Gasteiger partial charge >= 0.3 is 47.2 Å². The van der Waals surface area contributed by atoms with E-state index in [0.29, 0.717) is 85.7 Å². The Bertz CT molecular complexity index is 5070. The summed E-state index contributed by atoms with van der Waals surface area (Å²) in [6.07, 6.45) is 13.6. The van der Waals surface area contributed by atoms with Crippen molar-refractivity contribution in [2.45, 2.75) is 218 Å². The summed E-state index contributed by atoms with van der Waals surface area (Å²) >= 11 is 0. The van der Waals surface area contributed by atoms with Crippen molar-refractivity contribution >= 4 is 114 Å². The zero-order chi connectivity index (χ0) is 98.1. The zero-order valence-corrected chi connectivity index (χ0v) is 86.8. The Morgan fingerprint density at radius 2 is 0.500 bits per heavy atom. The summed E-state index contributed by atoms with van der Waals surface area (Å²) in [5.74, 6) is -2.30. The number of benzene rings is 9. The van der Waals surface area contributed by atoms with Gasteiger partial charge in [0.25, 0.3) is 23.6 Å². The molecule has 4 amide bonds. The first-order chi connectivity index (χ1) is 66.6. The van der Waals surface area contributed by atoms with Crippen LogP contribution in [0.1, 0.15) is 199 Å². The fourth-order valence-electron chi connectivity index (χ4n) is 21.5. The first-order valence-corrected chi connectivity index (χ1v) is 56.2. The third-order valence-corrected chi connectivity index (χ3v) is 40.2. The second-order valence-corrected chi connectivity index (χ2v) is 49.7. The molecule has 0 radical (unpaired) electrons. The molecule has 4 fully saturated rings. The normalized spacial score (nSPS) is 20.5. The summed E-state index contributed by atoms with van der Waals surface area (Å²) in [7, 11) is 7.64. The number of carbonyl (C=O) groups excluding carboxylic acids is 6. The van der Waals surface area contributed by atoms with Crippen LogP contribution in [-0.4, -0.2) is 216 Å². The number of hydrogen-bond donors (Lipinski definition) is 0. The minimum absolute atomic E-state index is 0.00647. The fraction of sp³-hybridized carbons (Fsp3) is 0.519. The van der Waals surface area contributed by atoms with E-state index in [2.05, 4.69) is 0 Å². The molecule has 0 N–H and O–H groups in total. The molecule has 0 saturated heterocycles. The molecular formula is C104H134N2O28Si4. The van der Waals surface area contributed by atoms with Crippen LogP contribution >= 0.6 is 0 Å². The van der Waals surface area contributed by atoms with Gasteiger partial charge in [-0.1, -0.05) is 67.2 Å². The molecule has 6 aliphatic rings. The van der Waals surface area contributed by atoms with Gasteiger partial charge in [0.15, 0.2) is 0 Å². The van der Waals surface area contributed by atoms with Gasteiger partial charge in [0.2, 0.25) is 0 Å². The molecule has 4 saturated carbocycles. The maximum Gasteiger partial charge on any atom is 0.500 e. The van der Waals surface area contributed by atoms with Gasteiger partial charge < -0.3 is 100 Å². The summed E-state index contributed by atoms with van der Waals surface area (Å²) < 4.78 is 140. The van der Waals surface area contributed by atoms with E-state index >= 15 is 19.2 Å². The van der Waals surface area contributed by atoms with Crippen molar-refractivity contribution < 1.29 is 129 Å². The van der Waals surface area contributed by atoms with Crippen LogP contribution in [0.4, 0.5) is 0 Å². The number of ether oxygens (including phenoxy) is 10. The van der Waals surface area contributed by atoms with Gasteiger partial charge in [0, 0.05) is 153 Å². The number of nitrogens with zero attached hydrogens (tertiary/aromatic N) is 2. The smallest absolute Gasteiger partial charge is 0.490 e. The topological polar surface area (TPSA) is 312 Å². The molecule has 138 heavy (non-hydrogen) atoms. The molecule has 9 aromatic carbocycles. The SMILES string of the molecule is CCCOC(=O)C(C(C)C)N1C(=O)c2cc(Oc3ccc(OC4CCCC(C[Si](OC)(OC)OC)C4)cc3)c3c4c(Oc5ccc(OC6CCCC(C[Si](OC)(OC)OC)C6)cc5)cc5c6c(cc(Oc7ccc(OC8CCCC(C[Si](OC)(OC)OC)C8)cc7)c(c7c(Oc8ccc(OC9CCCC(C[Si](OC)(OC)OC)C9)cc8)cc(c2c37)C1=O)c64)C(=O)N(C(C(=O)OCCC)C(C)C)C5=O. The van der Waals surface area contributed by atoms with E-state index in [0.717, 1.165) is 86.8 Å². The van der Waals surface area contributed by atoms with E-state index < -0.39 is 94.7 Å². The highest BCUT2D eigenvalue weighted by molar-refractivity contribution is 6.62. The molecule has 2 heterocycles. The third-order valence-electron chi connectivity index (χ3n) is 28.4. The Balaban J connectivity index is 0.982. The molecule has 30 nitrogen and oxygen atoms in total. The van der Waals surface area contributed by atoms with Gasteiger partial charge in [-0.3, -0.25) is 29.0 Å². The predicted molar refractivity (Wildman–Crippen MR) is 526 cm³/mol. The van der Waals surface area contributed by atoms with Crippen LogP contribution < -0.4 is 37.9 Å². The monoisotopic (exact) mass is 1970 g/mol. The van der Waals surface area contributed by atoms with E-state index in [9.17, 15) is 9.59 Å². The van der Waals surface area contributed by atoms with Crippen LogP contribution in [0.15, 0.2) is 121 Å². The molecule has 0 bridgehead atoms. The van der Waals surface area contributed by atoms with Crippen LogP contribution in [-0.2, 0) is 72.2 Å². The predicted octanol–water partition coefficient (Wildman–Crippen LogP) is 21.3. The van der Waals surface area contributed by atoms with Crippen LogP contribution in [0.5, 0.6) is 69.0 Å². The minimum atomic E-state index is -2.95. The lowest BCUT2D eigenvalue weighted by atomic mass is 9.80. The summed E-state index contributed by atoms with van der Waals surface area (Å²) in [5.41, 5.74) is -0.204. The first kappa shape index (κ1) is 103. The Labute approximate surface area is 812 Å². The largest absolute Gasteiger partial charge is 0.500 e. The van der Waals surface area contributed by atoms with Gasteiger partial charge in [-0.2, -0.15) is 0 Å². The molecule has 0 aromatic heterocycles. The average molecular weight is 1970 g/mol. The van der Waals surface area contributed by atoms with Crippen LogP contribution in [0.2, 0.25) is 24.2 Å². The van der Waals surface area contributed by atoms with E-state index in [1.165, 1.54) is 0 Å². The third kappa shape index (κ3) is 21.7. The number of imide groups is 2. The molecule has 0 spiro atoms. The molecule has 2 aliphatic heterocycles. The lowest BCUT2D eigenvalue weighted by Crippen LogP contribution is -2.53. The van der Waals surface area contributed by atoms with Crippen molar-refractivity contribution in [2.24, 2.45) is 35.5 Å². The Morgan fingerprint density at radius 1 is 0.297 bits per heavy atom. The number of rotatable bonds is 46. The van der Waals surface area contributed by atoms with Crippen LogP contribution in [0.25, 0.3) is 43.1 Å². The fourth-order valence-corrected chi connectivity index (χ4v) is 29.8. The molecule has 9 aromatic rings. The van der Waals surface area contributed by atoms with Crippen LogP contribution in [0, 0.1) is 35.5 Å². The first-order valence-electron chi connectivity index (χ1n) is 48.5. The molecular weight excluding hydrogens is 1840 g/mol. The van der Waals surface area contributed by atoms with E-state index in [-0.39, 0.29) is 173 Å². The van der Waals surface area contributed by atoms with E-state index in [1.54, 1.807) is 186 Å². The Morgan fingerprint density at radius 3 is 0.688 bits per heavy atom. The van der Waals surface area contributed by atoms with Gasteiger partial charge in [-0.25, -0.2) is 9.59 Å². The molecule has 10 unspecified atom stereocenters. The van der Waals surface area contributed by atoms with Crippen molar-refractivity contribution in [3.8, 4) is 69.0 Å². The van der Waals surface area contributed by atoms with Crippen molar-refractivity contribution in [1.82, 2.24) is 9.80 Å². The van der Waals surface area contributed by atoms with Crippen molar-refractivity contribution in [1.29, 1.82) is 0 Å². The second kappa shape index (κ2) is 45.0. The number of esters is 2. The molecule has 744 valence electrons. The van der Waals surface area contributed by atoms with Crippen LogP contribution in [0.3, 0.4) is 0 Å². The number of amides is 4. The maximum atomic E-state index is 16.7. The van der Waals surface area contributed by atoms with Gasteiger partial charge in [0.1, 0.15) is 81.1 Å². The summed E-state index contributed by atoms with van der Waals surface area (Å²) in [4.78, 5) is 98.5. The second-order valence-electron chi connectivity index (χ2n) is 37.7. The number of carbonyl (C=O) groups is 6. The molecule has 34 heteroatoms. The standard InChI is InChI=1S/C104H134N2O28Si4/c1-19-49-125-103(111)97(63(3)4)105-99(107)81-55-85(131-73-41-33-69(34-42-73)127-77-29-21-25-65(51-77)59-135(113-7,114-8)115-9)91-93-87(133-75-45-37-71(38-46-75)129-79-31-23-27-67(53-79)61-137(119-13,120-14)121-15)57-83-90-84(102(110)106(101(83)109)98(64(5)6)104(112)126-50-20-2)58-88(134-76-47-39-72(40-48-76)130-80-32-24-28-68(54-80)62-138(122-16,123-17)124-18)94(96(90)93)92-86(56-82(100(105)108)89(81)95(91)92)132-74-43-35-70(36-44-74)128-78-30-22-26-66(52-78)60-136(116-10,117-11)118-12/h33-48,55-58,63-68,77-80,97-98H,19-32,49-54,59-62H2,1-18H3. The van der Waals surface area contributed by atoms with E-state index in [4.69, 9.17) is 100 Å². The number of fused-ring (bicyclic) bond motifs is 2. The van der Waals surface area contributed by atoms with Gasteiger partial charge in [0.05, 0.1) is 59.9 Å². The van der Waals surface area contributed by atoms with Crippen molar-refractivity contribution in [2.75, 3.05) is 98.5 Å². The lowest BCUT2D eigenvalue weighted by Gasteiger charge is -2.36. The average Bonchev–Trinajstić information content (AvgIpc) is 0.668. The van der Waals surface area contributed by atoms with Crippen molar-refractivity contribution in [3.63, 3.8) is 0 Å². The summed E-state index contributed by atoms with van der Waals surface area (Å²) in [6.45, 7) is 10.7. The van der Waals surface area contributed by atoms with Gasteiger partial charge in [-0.15, -0.1) is 0 Å². The minimum Gasteiger partial charge on any atom is -0.490 e. The van der Waals surface area contributed by atoms with Crippen molar-refractivity contribution in [3.05, 3.63) is 144 Å². The molecule has 10 atom stereocenters. The lowest BCUT2D eigenvalue weighted by molar-refractivity contribution is -0.150. The highest BCUT2D eigenvalue weighted by Crippen LogP contribution is 2.59. The summed E-state index contributed by atoms with van der Waals surface area (Å²) in [6, 6.07) is 34.4. The molecule has 15 rings (SSSR count). The Hall–Kier alpha value is -9.71. The highest BCUT2D eigenvalue weighted by Gasteiger charge is 2.51. The highest BCUT2D eigenvalue weighted by atomic mass is 28.4. The maximum absolute atomic E-state index is 16.7. The zero-order valence-electron chi connectivity index (χ0n) is 82.8. The number of hydrogen-bond acceptors (Lipinski definition) is 28. The summed E-state index contributed by atoms with van der Waals surface area (Å²) in [5, 5.41) is 1.51.